The fourth-order valence-corrected chi connectivity index (χ4v) is 1.34. The third-order valence-electron chi connectivity index (χ3n) is 2.31. The monoisotopic (exact) mass is 220 g/mol. The number of allylic oxidation sites excluding steroid dienone is 6. The molecule has 0 aromatic carbocycles. The average molecular weight is 220 g/mol. The molecule has 0 atom stereocenters. The molecule has 0 aliphatic carbocycles. The summed E-state index contributed by atoms with van der Waals surface area (Å²) in [5.41, 5.74) is 2.83. The minimum Gasteiger partial charge on any atom is -0.303 e. The Morgan fingerprint density at radius 2 is 1.69 bits per heavy atom. The number of unbranched alkanes of at least 4 members (excludes halogenated alkanes) is 1. The van der Waals surface area contributed by atoms with Crippen molar-refractivity contribution in [3.05, 3.63) is 35.5 Å². The van der Waals surface area contributed by atoms with Crippen LogP contribution in [0.4, 0.5) is 0 Å². The highest BCUT2D eigenvalue weighted by Gasteiger charge is 1.87. The molecule has 0 rings (SSSR count). The summed E-state index contributed by atoms with van der Waals surface area (Å²) in [6, 6.07) is 0. The summed E-state index contributed by atoms with van der Waals surface area (Å²) in [5.74, 6) is 0. The van der Waals surface area contributed by atoms with Gasteiger partial charge >= 0.3 is 0 Å². The normalized spacial score (nSPS) is 11.8. The van der Waals surface area contributed by atoms with E-state index in [1.807, 2.05) is 0 Å². The molecule has 16 heavy (non-hydrogen) atoms. The predicted octanol–water partition coefficient (Wildman–Crippen LogP) is 4.60. The van der Waals surface area contributed by atoms with Gasteiger partial charge in [0.15, 0.2) is 0 Å². The molecule has 0 N–H and O–H groups in total. The van der Waals surface area contributed by atoms with Gasteiger partial charge in [-0.2, -0.15) is 0 Å². The van der Waals surface area contributed by atoms with Gasteiger partial charge in [-0.3, -0.25) is 0 Å². The molecular weight excluding hydrogens is 196 g/mol. The van der Waals surface area contributed by atoms with Crippen molar-refractivity contribution >= 4 is 6.29 Å². The van der Waals surface area contributed by atoms with Gasteiger partial charge in [-0.05, 0) is 46.5 Å². The van der Waals surface area contributed by atoms with Crippen molar-refractivity contribution in [2.45, 2.75) is 52.9 Å². The Balaban J connectivity index is 3.66. The fourth-order valence-electron chi connectivity index (χ4n) is 1.34. The lowest BCUT2D eigenvalue weighted by molar-refractivity contribution is -0.107. The van der Waals surface area contributed by atoms with E-state index < -0.39 is 0 Å². The van der Waals surface area contributed by atoms with E-state index in [2.05, 4.69) is 45.1 Å². The van der Waals surface area contributed by atoms with E-state index in [1.54, 1.807) is 0 Å². The van der Waals surface area contributed by atoms with E-state index in [1.165, 1.54) is 11.1 Å². The summed E-state index contributed by atoms with van der Waals surface area (Å²) in [4.78, 5) is 10.1. The number of hydrogen-bond acceptors (Lipinski definition) is 1. The molecule has 0 radical (unpaired) electrons. The molecule has 0 saturated heterocycles. The zero-order chi connectivity index (χ0) is 12.2. The first-order valence-corrected chi connectivity index (χ1v) is 6.04. The third kappa shape index (κ3) is 11.0. The molecule has 1 nitrogen and oxygen atoms in total. The van der Waals surface area contributed by atoms with Crippen LogP contribution in [0.25, 0.3) is 0 Å². The Labute approximate surface area is 99.9 Å². The van der Waals surface area contributed by atoms with E-state index in [9.17, 15) is 4.79 Å². The van der Waals surface area contributed by atoms with Crippen LogP contribution in [-0.2, 0) is 4.79 Å². The lowest BCUT2D eigenvalue weighted by Crippen LogP contribution is -1.77. The van der Waals surface area contributed by atoms with Gasteiger partial charge in [0.1, 0.15) is 6.29 Å². The second kappa shape index (κ2) is 10.4. The van der Waals surface area contributed by atoms with Crippen LogP contribution in [0.1, 0.15) is 52.9 Å². The Morgan fingerprint density at radius 1 is 0.938 bits per heavy atom. The first-order valence-electron chi connectivity index (χ1n) is 6.04. The maximum atomic E-state index is 10.1. The molecule has 0 aromatic heterocycles. The quantitative estimate of drug-likeness (QED) is 0.332. The predicted molar refractivity (Wildman–Crippen MR) is 71.5 cm³/mol. The maximum Gasteiger partial charge on any atom is 0.120 e. The summed E-state index contributed by atoms with van der Waals surface area (Å²) in [6.45, 7) is 6.45. The van der Waals surface area contributed by atoms with Crippen LogP contribution in [0.2, 0.25) is 0 Å². The van der Waals surface area contributed by atoms with Crippen LogP contribution in [0.3, 0.4) is 0 Å². The van der Waals surface area contributed by atoms with Crippen LogP contribution < -0.4 is 0 Å². The van der Waals surface area contributed by atoms with Gasteiger partial charge in [-0.25, -0.2) is 0 Å². The first kappa shape index (κ1) is 14.9. The number of carbonyl (C=O) groups excluding carboxylic acids is 1. The molecule has 0 amide bonds. The van der Waals surface area contributed by atoms with E-state index in [0.717, 1.165) is 32.0 Å². The second-order valence-electron chi connectivity index (χ2n) is 4.32. The standard InChI is InChI=1S/C15H24O/c1-14(2)10-9-12-15(3)11-7-5-4-6-8-13-16/h4-5,10-11,13H,6-9,12H2,1-3H3. The van der Waals surface area contributed by atoms with Crippen molar-refractivity contribution in [1.29, 1.82) is 0 Å². The van der Waals surface area contributed by atoms with Crippen molar-refractivity contribution < 1.29 is 4.79 Å². The lowest BCUT2D eigenvalue weighted by Gasteiger charge is -1.97. The molecule has 1 heteroatoms. The van der Waals surface area contributed by atoms with Crippen molar-refractivity contribution in [2.75, 3.05) is 0 Å². The van der Waals surface area contributed by atoms with Gasteiger partial charge in [0.05, 0.1) is 0 Å². The third-order valence-corrected chi connectivity index (χ3v) is 2.31. The van der Waals surface area contributed by atoms with Crippen LogP contribution in [0.15, 0.2) is 35.5 Å². The van der Waals surface area contributed by atoms with Gasteiger partial charge < -0.3 is 4.79 Å². The SMILES string of the molecule is CC(C)=CCCC(C)=CCC=CCCC=O. The summed E-state index contributed by atoms with van der Waals surface area (Å²) < 4.78 is 0. The molecule has 0 unspecified atom stereocenters. The van der Waals surface area contributed by atoms with E-state index in [4.69, 9.17) is 0 Å². The van der Waals surface area contributed by atoms with E-state index in [0.29, 0.717) is 6.42 Å². The van der Waals surface area contributed by atoms with Crippen LogP contribution in [0, 0.1) is 0 Å². The zero-order valence-corrected chi connectivity index (χ0v) is 10.8. The van der Waals surface area contributed by atoms with E-state index >= 15 is 0 Å². The van der Waals surface area contributed by atoms with Gasteiger partial charge in [-0.1, -0.05) is 35.5 Å². The lowest BCUT2D eigenvalue weighted by atomic mass is 10.1. The molecule has 0 aromatic rings. The molecule has 0 bridgehead atoms. The molecule has 0 heterocycles. The van der Waals surface area contributed by atoms with E-state index in [-0.39, 0.29) is 0 Å². The summed E-state index contributed by atoms with van der Waals surface area (Å²) in [7, 11) is 0. The largest absolute Gasteiger partial charge is 0.303 e. The Kier molecular flexibility index (Phi) is 9.69. The van der Waals surface area contributed by atoms with Crippen molar-refractivity contribution in [3.8, 4) is 0 Å². The van der Waals surface area contributed by atoms with Crippen LogP contribution in [-0.4, -0.2) is 6.29 Å². The van der Waals surface area contributed by atoms with Gasteiger partial charge in [-0.15, -0.1) is 0 Å². The summed E-state index contributed by atoms with van der Waals surface area (Å²) in [5, 5.41) is 0. The Morgan fingerprint density at radius 3 is 2.31 bits per heavy atom. The van der Waals surface area contributed by atoms with Gasteiger partial charge in [0.2, 0.25) is 0 Å². The summed E-state index contributed by atoms with van der Waals surface area (Å²) >= 11 is 0. The highest BCUT2D eigenvalue weighted by atomic mass is 16.1. The van der Waals surface area contributed by atoms with Crippen LogP contribution in [0.5, 0.6) is 0 Å². The van der Waals surface area contributed by atoms with Crippen molar-refractivity contribution in [1.82, 2.24) is 0 Å². The molecule has 0 aliphatic rings. The second-order valence-corrected chi connectivity index (χ2v) is 4.32. The molecule has 90 valence electrons. The highest BCUT2D eigenvalue weighted by Crippen LogP contribution is 2.07. The number of rotatable bonds is 8. The molecule has 0 spiro atoms. The molecule has 0 aliphatic heterocycles. The molecule has 0 fully saturated rings. The molecule has 0 saturated carbocycles. The number of carbonyl (C=O) groups is 1. The number of hydrogen-bond donors (Lipinski definition) is 0. The summed E-state index contributed by atoms with van der Waals surface area (Å²) in [6.07, 6.45) is 14.5. The van der Waals surface area contributed by atoms with Gasteiger partial charge in [0, 0.05) is 6.42 Å². The maximum absolute atomic E-state index is 10.1. The van der Waals surface area contributed by atoms with Crippen molar-refractivity contribution in [2.24, 2.45) is 0 Å². The first-order chi connectivity index (χ1) is 7.66. The Hall–Kier alpha value is -1.11. The zero-order valence-electron chi connectivity index (χ0n) is 10.8. The Bertz CT molecular complexity index is 265. The fraction of sp³-hybridized carbons (Fsp3) is 0.533. The van der Waals surface area contributed by atoms with Gasteiger partial charge in [0.25, 0.3) is 0 Å². The highest BCUT2D eigenvalue weighted by molar-refractivity contribution is 5.49. The average Bonchev–Trinajstić information content (AvgIpc) is 2.22. The molecular formula is C15H24O. The topological polar surface area (TPSA) is 17.1 Å². The number of aldehydes is 1. The van der Waals surface area contributed by atoms with Crippen LogP contribution >= 0.6 is 0 Å². The van der Waals surface area contributed by atoms with Crippen molar-refractivity contribution in [3.63, 3.8) is 0 Å². The minimum atomic E-state index is 0.639. The minimum absolute atomic E-state index is 0.639. The smallest absolute Gasteiger partial charge is 0.120 e.